The molecule has 2 heterocycles. The Labute approximate surface area is 154 Å². The maximum absolute atomic E-state index is 12.9. The molecular formula is C19H29N3O2S. The van der Waals surface area contributed by atoms with E-state index in [0.29, 0.717) is 5.91 Å². The van der Waals surface area contributed by atoms with E-state index in [9.17, 15) is 9.59 Å². The molecule has 1 aromatic rings. The van der Waals surface area contributed by atoms with Gasteiger partial charge in [0.05, 0.1) is 4.88 Å². The largest absolute Gasteiger partial charge is 0.344 e. The molecular weight excluding hydrogens is 334 g/mol. The number of carbonyl (C=O) groups excluding carboxylic acids is 2. The third kappa shape index (κ3) is 4.06. The minimum Gasteiger partial charge on any atom is -0.344 e. The third-order valence-electron chi connectivity index (χ3n) is 5.27. The Morgan fingerprint density at radius 1 is 1.24 bits per heavy atom. The van der Waals surface area contributed by atoms with Crippen LogP contribution in [0.2, 0.25) is 0 Å². The molecule has 3 rings (SSSR count). The summed E-state index contributed by atoms with van der Waals surface area (Å²) in [6, 6.07) is 2.01. The van der Waals surface area contributed by atoms with Gasteiger partial charge in [0.15, 0.2) is 0 Å². The molecule has 1 aliphatic carbocycles. The van der Waals surface area contributed by atoms with Gasteiger partial charge in [-0.2, -0.15) is 0 Å². The molecule has 5 nitrogen and oxygen atoms in total. The average Bonchev–Trinajstić information content (AvgIpc) is 3.04. The van der Waals surface area contributed by atoms with E-state index < -0.39 is 0 Å². The fraction of sp³-hybridized carbons (Fsp3) is 0.684. The smallest absolute Gasteiger partial charge is 0.263 e. The van der Waals surface area contributed by atoms with Crippen molar-refractivity contribution in [1.29, 1.82) is 0 Å². The fourth-order valence-corrected chi connectivity index (χ4v) is 5.06. The maximum atomic E-state index is 12.9. The number of amides is 2. The first kappa shape index (κ1) is 18.4. The summed E-state index contributed by atoms with van der Waals surface area (Å²) < 4.78 is 0. The maximum Gasteiger partial charge on any atom is 0.263 e. The molecule has 0 N–H and O–H groups in total. The molecule has 0 radical (unpaired) electrons. The molecule has 2 amide bonds. The third-order valence-corrected chi connectivity index (χ3v) is 6.50. The van der Waals surface area contributed by atoms with Crippen LogP contribution in [0.3, 0.4) is 0 Å². The Morgan fingerprint density at radius 3 is 2.60 bits per heavy atom. The summed E-state index contributed by atoms with van der Waals surface area (Å²) in [5, 5.41) is 0. The molecule has 1 atom stereocenters. The van der Waals surface area contributed by atoms with Crippen molar-refractivity contribution in [3.05, 3.63) is 21.4 Å². The lowest BCUT2D eigenvalue weighted by atomic mass is 9.87. The number of aryl methyl sites for hydroxylation is 1. The lowest BCUT2D eigenvalue weighted by Gasteiger charge is -2.37. The SMILES string of the molecule is CCCN1CCN(C(=O)[C@H]2CCc3sc(C(=O)N(C)C)cc3C2)CC1. The van der Waals surface area contributed by atoms with Crippen LogP contribution < -0.4 is 0 Å². The van der Waals surface area contributed by atoms with Crippen LogP contribution in [0.25, 0.3) is 0 Å². The van der Waals surface area contributed by atoms with Gasteiger partial charge in [-0.1, -0.05) is 6.92 Å². The zero-order valence-electron chi connectivity index (χ0n) is 15.6. The molecule has 0 spiro atoms. The van der Waals surface area contributed by atoms with Gasteiger partial charge < -0.3 is 9.80 Å². The van der Waals surface area contributed by atoms with Crippen molar-refractivity contribution < 1.29 is 9.59 Å². The molecule has 138 valence electrons. The minimum absolute atomic E-state index is 0.0642. The van der Waals surface area contributed by atoms with E-state index >= 15 is 0 Å². The minimum atomic E-state index is 0.0642. The zero-order chi connectivity index (χ0) is 18.0. The Hall–Kier alpha value is -1.40. The first-order chi connectivity index (χ1) is 12.0. The van der Waals surface area contributed by atoms with Crippen LogP contribution in [-0.4, -0.2) is 73.3 Å². The number of piperazine rings is 1. The number of hydrogen-bond donors (Lipinski definition) is 0. The summed E-state index contributed by atoms with van der Waals surface area (Å²) in [6.45, 7) is 7.04. The van der Waals surface area contributed by atoms with Gasteiger partial charge in [-0.05, 0) is 43.9 Å². The summed E-state index contributed by atoms with van der Waals surface area (Å²) in [5.74, 6) is 0.463. The predicted molar refractivity (Wildman–Crippen MR) is 101 cm³/mol. The van der Waals surface area contributed by atoms with Gasteiger partial charge in [-0.15, -0.1) is 11.3 Å². The van der Waals surface area contributed by atoms with Crippen LogP contribution in [0.4, 0.5) is 0 Å². The van der Waals surface area contributed by atoms with Crippen molar-refractivity contribution in [2.45, 2.75) is 32.6 Å². The summed E-state index contributed by atoms with van der Waals surface area (Å²) in [5.41, 5.74) is 1.21. The predicted octanol–water partition coefficient (Wildman–Crippen LogP) is 2.11. The molecule has 1 aromatic heterocycles. The highest BCUT2D eigenvalue weighted by atomic mass is 32.1. The van der Waals surface area contributed by atoms with Gasteiger partial charge in [0, 0.05) is 51.1 Å². The number of hydrogen-bond acceptors (Lipinski definition) is 4. The second kappa shape index (κ2) is 7.87. The summed E-state index contributed by atoms with van der Waals surface area (Å²) in [7, 11) is 3.57. The topological polar surface area (TPSA) is 43.9 Å². The highest BCUT2D eigenvalue weighted by molar-refractivity contribution is 7.14. The van der Waals surface area contributed by atoms with Crippen LogP contribution in [0, 0.1) is 5.92 Å². The van der Waals surface area contributed by atoms with Crippen LogP contribution in [0.15, 0.2) is 6.07 Å². The van der Waals surface area contributed by atoms with E-state index in [0.717, 1.165) is 56.9 Å². The molecule has 1 saturated heterocycles. The lowest BCUT2D eigenvalue weighted by Crippen LogP contribution is -2.50. The van der Waals surface area contributed by atoms with E-state index in [1.54, 1.807) is 30.3 Å². The van der Waals surface area contributed by atoms with Gasteiger partial charge in [0.1, 0.15) is 0 Å². The number of fused-ring (bicyclic) bond motifs is 1. The summed E-state index contributed by atoms with van der Waals surface area (Å²) in [4.78, 5) is 33.3. The summed E-state index contributed by atoms with van der Waals surface area (Å²) in [6.07, 6.45) is 3.80. The zero-order valence-corrected chi connectivity index (χ0v) is 16.4. The number of carbonyl (C=O) groups is 2. The molecule has 1 fully saturated rings. The first-order valence-electron chi connectivity index (χ1n) is 9.34. The highest BCUT2D eigenvalue weighted by Gasteiger charge is 2.31. The number of nitrogens with zero attached hydrogens (tertiary/aromatic N) is 3. The van der Waals surface area contributed by atoms with E-state index in [2.05, 4.69) is 16.7 Å². The second-order valence-corrected chi connectivity index (χ2v) is 8.50. The van der Waals surface area contributed by atoms with Gasteiger partial charge in [0.2, 0.25) is 5.91 Å². The standard InChI is InChI=1S/C19H29N3O2S/c1-4-7-21-8-10-22(11-9-21)18(23)14-5-6-16-15(12-14)13-17(25-16)19(24)20(2)3/h13-14H,4-12H2,1-3H3/t14-/m0/s1. The molecule has 6 heteroatoms. The molecule has 0 unspecified atom stereocenters. The van der Waals surface area contributed by atoms with E-state index in [-0.39, 0.29) is 11.8 Å². The van der Waals surface area contributed by atoms with Crippen LogP contribution in [0.1, 0.15) is 39.9 Å². The fourth-order valence-electron chi connectivity index (χ4n) is 3.83. The van der Waals surface area contributed by atoms with Gasteiger partial charge in [-0.3, -0.25) is 14.5 Å². The van der Waals surface area contributed by atoms with Crippen LogP contribution in [0.5, 0.6) is 0 Å². The van der Waals surface area contributed by atoms with Crippen molar-refractivity contribution in [2.75, 3.05) is 46.8 Å². The Balaban J connectivity index is 1.61. The monoisotopic (exact) mass is 363 g/mol. The molecule has 25 heavy (non-hydrogen) atoms. The van der Waals surface area contributed by atoms with Crippen molar-refractivity contribution in [3.8, 4) is 0 Å². The van der Waals surface area contributed by atoms with Gasteiger partial charge >= 0.3 is 0 Å². The number of rotatable bonds is 4. The van der Waals surface area contributed by atoms with Crippen molar-refractivity contribution in [1.82, 2.24) is 14.7 Å². The molecule has 0 aromatic carbocycles. The van der Waals surface area contributed by atoms with Gasteiger partial charge in [0.25, 0.3) is 5.91 Å². The molecule has 0 bridgehead atoms. The Morgan fingerprint density at radius 2 is 1.96 bits per heavy atom. The van der Waals surface area contributed by atoms with E-state index in [1.807, 2.05) is 6.07 Å². The molecule has 2 aliphatic rings. The van der Waals surface area contributed by atoms with Crippen LogP contribution in [-0.2, 0) is 17.6 Å². The summed E-state index contributed by atoms with van der Waals surface area (Å²) >= 11 is 1.60. The first-order valence-corrected chi connectivity index (χ1v) is 10.2. The highest BCUT2D eigenvalue weighted by Crippen LogP contribution is 2.33. The lowest BCUT2D eigenvalue weighted by molar-refractivity contribution is -0.137. The average molecular weight is 364 g/mol. The van der Waals surface area contributed by atoms with Crippen molar-refractivity contribution >= 4 is 23.2 Å². The van der Waals surface area contributed by atoms with Gasteiger partial charge in [-0.25, -0.2) is 0 Å². The van der Waals surface area contributed by atoms with Crippen molar-refractivity contribution in [3.63, 3.8) is 0 Å². The van der Waals surface area contributed by atoms with Crippen LogP contribution >= 0.6 is 11.3 Å². The Bertz CT molecular complexity index is 633. The van der Waals surface area contributed by atoms with E-state index in [4.69, 9.17) is 0 Å². The Kier molecular flexibility index (Phi) is 5.79. The normalized spacial score (nSPS) is 21.1. The second-order valence-electron chi connectivity index (χ2n) is 7.37. The quantitative estimate of drug-likeness (QED) is 0.823. The molecule has 1 aliphatic heterocycles. The number of thiophene rings is 1. The molecule has 0 saturated carbocycles. The van der Waals surface area contributed by atoms with Crippen molar-refractivity contribution in [2.24, 2.45) is 5.92 Å². The van der Waals surface area contributed by atoms with E-state index in [1.165, 1.54) is 16.9 Å².